The minimum absolute atomic E-state index is 0.0661. The number of phenols is 2. The summed E-state index contributed by atoms with van der Waals surface area (Å²) in [5.41, 5.74) is 2.69. The molecular weight excluding hydrogens is 248 g/mol. The fourth-order valence-corrected chi connectivity index (χ4v) is 2.74. The van der Waals surface area contributed by atoms with Gasteiger partial charge in [-0.05, 0) is 24.5 Å². The van der Waals surface area contributed by atoms with Gasteiger partial charge in [0.1, 0.15) is 11.5 Å². The van der Waals surface area contributed by atoms with Crippen LogP contribution in [0.1, 0.15) is 43.4 Å². The molecule has 2 aromatic carbocycles. The van der Waals surface area contributed by atoms with Crippen LogP contribution in [0.2, 0.25) is 0 Å². The summed E-state index contributed by atoms with van der Waals surface area (Å²) in [7, 11) is 0. The Morgan fingerprint density at radius 1 is 0.850 bits per heavy atom. The Kier molecular flexibility index (Phi) is 3.76. The van der Waals surface area contributed by atoms with Crippen molar-refractivity contribution in [2.24, 2.45) is 5.41 Å². The molecule has 2 N–H and O–H groups in total. The molecule has 0 saturated carbocycles. The third-order valence-electron chi connectivity index (χ3n) is 3.61. The van der Waals surface area contributed by atoms with E-state index in [4.69, 9.17) is 0 Å². The van der Waals surface area contributed by atoms with Crippen molar-refractivity contribution in [1.29, 1.82) is 0 Å². The molecule has 0 aliphatic heterocycles. The number of para-hydroxylation sites is 1. The van der Waals surface area contributed by atoms with E-state index in [1.165, 1.54) is 0 Å². The second-order valence-electron chi connectivity index (χ2n) is 6.42. The van der Waals surface area contributed by atoms with Crippen molar-refractivity contribution in [2.75, 3.05) is 0 Å². The molecule has 0 saturated heterocycles. The molecule has 0 radical (unpaired) electrons. The highest BCUT2D eigenvalue weighted by molar-refractivity contribution is 5.48. The van der Waals surface area contributed by atoms with Crippen LogP contribution in [0.15, 0.2) is 42.5 Å². The average molecular weight is 270 g/mol. The fraction of sp³-hybridized carbons (Fsp3) is 0.333. The van der Waals surface area contributed by atoms with Gasteiger partial charge in [0.2, 0.25) is 0 Å². The van der Waals surface area contributed by atoms with Crippen LogP contribution in [0.5, 0.6) is 11.5 Å². The zero-order valence-corrected chi connectivity index (χ0v) is 12.5. The van der Waals surface area contributed by atoms with E-state index < -0.39 is 0 Å². The minimum atomic E-state index is -0.121. The molecule has 2 rings (SSSR count). The first-order valence-electron chi connectivity index (χ1n) is 6.88. The molecule has 0 aliphatic carbocycles. The predicted molar refractivity (Wildman–Crippen MR) is 82.2 cm³/mol. The van der Waals surface area contributed by atoms with Crippen LogP contribution in [0, 0.1) is 12.3 Å². The monoisotopic (exact) mass is 270 g/mol. The standard InChI is InChI=1S/C18H22O2/c1-12-9-10-16(20)14(11-12)17(18(2,3)4)13-7-5-6-8-15(13)19/h5-11,17,19-20H,1-4H3. The highest BCUT2D eigenvalue weighted by atomic mass is 16.3. The smallest absolute Gasteiger partial charge is 0.119 e. The van der Waals surface area contributed by atoms with Gasteiger partial charge in [0.25, 0.3) is 0 Å². The van der Waals surface area contributed by atoms with Crippen LogP contribution in [0.25, 0.3) is 0 Å². The summed E-state index contributed by atoms with van der Waals surface area (Å²) < 4.78 is 0. The van der Waals surface area contributed by atoms with Crippen molar-refractivity contribution >= 4 is 0 Å². The second-order valence-corrected chi connectivity index (χ2v) is 6.42. The molecular formula is C18H22O2. The molecule has 0 fully saturated rings. The molecule has 1 atom stereocenters. The molecule has 0 aliphatic rings. The van der Waals surface area contributed by atoms with E-state index in [0.29, 0.717) is 0 Å². The van der Waals surface area contributed by atoms with Gasteiger partial charge < -0.3 is 10.2 Å². The highest BCUT2D eigenvalue weighted by Crippen LogP contribution is 2.46. The number of aromatic hydroxyl groups is 2. The lowest BCUT2D eigenvalue weighted by Gasteiger charge is -2.32. The number of rotatable bonds is 2. The van der Waals surface area contributed by atoms with Gasteiger partial charge in [0, 0.05) is 17.0 Å². The molecule has 0 aromatic heterocycles. The summed E-state index contributed by atoms with van der Waals surface area (Å²) in [6, 6.07) is 13.0. The van der Waals surface area contributed by atoms with E-state index in [0.717, 1.165) is 16.7 Å². The second kappa shape index (κ2) is 5.20. The number of hydrogen-bond donors (Lipinski definition) is 2. The molecule has 0 spiro atoms. The predicted octanol–water partition coefficient (Wildman–Crippen LogP) is 4.58. The maximum absolute atomic E-state index is 10.2. The van der Waals surface area contributed by atoms with Gasteiger partial charge in [-0.1, -0.05) is 56.7 Å². The lowest BCUT2D eigenvalue weighted by molar-refractivity contribution is 0.338. The normalized spacial score (nSPS) is 13.2. The van der Waals surface area contributed by atoms with Crippen LogP contribution in [-0.2, 0) is 0 Å². The Balaban J connectivity index is 2.66. The first-order chi connectivity index (χ1) is 9.30. The van der Waals surface area contributed by atoms with Crippen LogP contribution < -0.4 is 0 Å². The quantitative estimate of drug-likeness (QED) is 0.838. The summed E-state index contributed by atoms with van der Waals surface area (Å²) in [5.74, 6) is 0.482. The number of hydrogen-bond acceptors (Lipinski definition) is 2. The average Bonchev–Trinajstić information content (AvgIpc) is 2.35. The van der Waals surface area contributed by atoms with Crippen molar-refractivity contribution in [2.45, 2.75) is 33.6 Å². The third kappa shape index (κ3) is 2.79. The zero-order valence-electron chi connectivity index (χ0n) is 12.5. The molecule has 0 heterocycles. The lowest BCUT2D eigenvalue weighted by atomic mass is 9.72. The first kappa shape index (κ1) is 14.4. The Morgan fingerprint density at radius 3 is 2.05 bits per heavy atom. The molecule has 0 bridgehead atoms. The van der Waals surface area contributed by atoms with E-state index in [-0.39, 0.29) is 22.8 Å². The third-order valence-corrected chi connectivity index (χ3v) is 3.61. The van der Waals surface area contributed by atoms with E-state index >= 15 is 0 Å². The first-order valence-corrected chi connectivity index (χ1v) is 6.88. The van der Waals surface area contributed by atoms with Crippen LogP contribution in [-0.4, -0.2) is 10.2 Å². The van der Waals surface area contributed by atoms with Crippen LogP contribution in [0.4, 0.5) is 0 Å². The SMILES string of the molecule is Cc1ccc(O)c(C(c2ccccc2O)C(C)(C)C)c1. The Bertz CT molecular complexity index is 609. The Morgan fingerprint density at radius 2 is 1.45 bits per heavy atom. The fourth-order valence-electron chi connectivity index (χ4n) is 2.74. The molecule has 1 unspecified atom stereocenters. The van der Waals surface area contributed by atoms with E-state index in [1.807, 2.05) is 37.3 Å². The molecule has 20 heavy (non-hydrogen) atoms. The van der Waals surface area contributed by atoms with Gasteiger partial charge >= 0.3 is 0 Å². The molecule has 2 nitrogen and oxygen atoms in total. The molecule has 106 valence electrons. The molecule has 0 amide bonds. The minimum Gasteiger partial charge on any atom is -0.508 e. The summed E-state index contributed by atoms with van der Waals surface area (Å²) in [4.78, 5) is 0. The number of phenolic OH excluding ortho intramolecular Hbond substituents is 2. The largest absolute Gasteiger partial charge is 0.508 e. The summed E-state index contributed by atoms with van der Waals surface area (Å²) in [6.07, 6.45) is 0. The van der Waals surface area contributed by atoms with Gasteiger partial charge in [-0.3, -0.25) is 0 Å². The van der Waals surface area contributed by atoms with E-state index in [9.17, 15) is 10.2 Å². The van der Waals surface area contributed by atoms with Gasteiger partial charge in [-0.15, -0.1) is 0 Å². The van der Waals surface area contributed by atoms with E-state index in [2.05, 4.69) is 20.8 Å². The van der Waals surface area contributed by atoms with Gasteiger partial charge in [-0.2, -0.15) is 0 Å². The lowest BCUT2D eigenvalue weighted by Crippen LogP contribution is -2.20. The summed E-state index contributed by atoms with van der Waals surface area (Å²) in [6.45, 7) is 8.36. The Labute approximate surface area is 120 Å². The van der Waals surface area contributed by atoms with Crippen molar-refractivity contribution in [3.63, 3.8) is 0 Å². The van der Waals surface area contributed by atoms with Crippen molar-refractivity contribution in [3.8, 4) is 11.5 Å². The maximum atomic E-state index is 10.2. The summed E-state index contributed by atoms with van der Waals surface area (Å²) >= 11 is 0. The van der Waals surface area contributed by atoms with Crippen LogP contribution >= 0.6 is 0 Å². The number of aryl methyl sites for hydroxylation is 1. The topological polar surface area (TPSA) is 40.5 Å². The number of benzene rings is 2. The van der Waals surface area contributed by atoms with Crippen molar-refractivity contribution in [1.82, 2.24) is 0 Å². The Hall–Kier alpha value is -1.96. The molecule has 2 heteroatoms. The van der Waals surface area contributed by atoms with Crippen LogP contribution in [0.3, 0.4) is 0 Å². The summed E-state index contributed by atoms with van der Waals surface area (Å²) in [5, 5.41) is 20.4. The molecule has 2 aromatic rings. The zero-order chi connectivity index (χ0) is 14.9. The van der Waals surface area contributed by atoms with E-state index in [1.54, 1.807) is 12.1 Å². The highest BCUT2D eigenvalue weighted by Gasteiger charge is 2.31. The van der Waals surface area contributed by atoms with Gasteiger partial charge in [0.15, 0.2) is 0 Å². The van der Waals surface area contributed by atoms with Crippen molar-refractivity contribution < 1.29 is 10.2 Å². The van der Waals surface area contributed by atoms with Crippen molar-refractivity contribution in [3.05, 3.63) is 59.2 Å². The van der Waals surface area contributed by atoms with Gasteiger partial charge in [0.05, 0.1) is 0 Å². The maximum Gasteiger partial charge on any atom is 0.119 e. The van der Waals surface area contributed by atoms with Gasteiger partial charge in [-0.25, -0.2) is 0 Å².